The molecule has 0 heterocycles. The van der Waals surface area contributed by atoms with Crippen LogP contribution in [0.5, 0.6) is 5.75 Å². The van der Waals surface area contributed by atoms with Crippen LogP contribution in [0.4, 0.5) is 4.39 Å². The fourth-order valence-electron chi connectivity index (χ4n) is 2.12. The van der Waals surface area contributed by atoms with E-state index in [0.717, 1.165) is 22.3 Å². The molecule has 2 aromatic carbocycles. The van der Waals surface area contributed by atoms with E-state index in [0.29, 0.717) is 0 Å². The fourth-order valence-corrected chi connectivity index (χ4v) is 2.12. The van der Waals surface area contributed by atoms with Crippen LogP contribution >= 0.6 is 0 Å². The summed E-state index contributed by atoms with van der Waals surface area (Å²) in [6, 6.07) is 10.6. The van der Waals surface area contributed by atoms with Gasteiger partial charge in [0.1, 0.15) is 6.61 Å². The van der Waals surface area contributed by atoms with Crippen molar-refractivity contribution in [3.8, 4) is 5.75 Å². The maximum atomic E-state index is 13.9. The minimum atomic E-state index is -0.381. The molecular weight excluding hydrogens is 283 g/mol. The summed E-state index contributed by atoms with van der Waals surface area (Å²) in [7, 11) is 1.35. The summed E-state index contributed by atoms with van der Waals surface area (Å²) in [6.45, 7) is 3.97. The molecule has 0 spiro atoms. The topological polar surface area (TPSA) is 35.5 Å². The molecule has 0 aromatic heterocycles. The van der Waals surface area contributed by atoms with Crippen LogP contribution in [0.2, 0.25) is 0 Å². The Morgan fingerprint density at radius 1 is 1.09 bits per heavy atom. The highest BCUT2D eigenvalue weighted by Crippen LogP contribution is 2.23. The van der Waals surface area contributed by atoms with Gasteiger partial charge in [-0.25, -0.2) is 4.39 Å². The van der Waals surface area contributed by atoms with Gasteiger partial charge in [0.05, 0.1) is 13.5 Å². The minimum absolute atomic E-state index is 0.172. The van der Waals surface area contributed by atoms with Crippen molar-refractivity contribution in [3.05, 3.63) is 64.5 Å². The maximum Gasteiger partial charge on any atom is 0.309 e. The number of ether oxygens (including phenoxy) is 2. The molecule has 0 aliphatic heterocycles. The second-order valence-corrected chi connectivity index (χ2v) is 5.18. The summed E-state index contributed by atoms with van der Waals surface area (Å²) in [4.78, 5) is 11.4. The lowest BCUT2D eigenvalue weighted by Gasteiger charge is -2.12. The Hall–Kier alpha value is -2.36. The lowest BCUT2D eigenvalue weighted by Crippen LogP contribution is -2.08. The van der Waals surface area contributed by atoms with E-state index in [-0.39, 0.29) is 30.6 Å². The van der Waals surface area contributed by atoms with Crippen molar-refractivity contribution in [1.29, 1.82) is 0 Å². The molecule has 22 heavy (non-hydrogen) atoms. The number of aryl methyl sites for hydroxylation is 2. The molecule has 0 fully saturated rings. The van der Waals surface area contributed by atoms with Gasteiger partial charge in [0, 0.05) is 0 Å². The minimum Gasteiger partial charge on any atom is -0.486 e. The monoisotopic (exact) mass is 302 g/mol. The summed E-state index contributed by atoms with van der Waals surface area (Å²) in [5.74, 6) is -0.477. The first-order valence-corrected chi connectivity index (χ1v) is 7.04. The molecule has 0 atom stereocenters. The molecule has 0 aliphatic carbocycles. The van der Waals surface area contributed by atoms with E-state index in [1.54, 1.807) is 6.07 Å². The van der Waals surface area contributed by atoms with Gasteiger partial charge < -0.3 is 9.47 Å². The second kappa shape index (κ2) is 7.07. The Morgan fingerprint density at radius 2 is 1.73 bits per heavy atom. The Labute approximate surface area is 129 Å². The third-order valence-corrected chi connectivity index (χ3v) is 3.61. The average Bonchev–Trinajstić information content (AvgIpc) is 2.50. The van der Waals surface area contributed by atoms with Crippen molar-refractivity contribution in [1.82, 2.24) is 0 Å². The second-order valence-electron chi connectivity index (χ2n) is 5.18. The zero-order valence-corrected chi connectivity index (χ0v) is 13.0. The number of methoxy groups -OCH3 is 1. The molecule has 0 unspecified atom stereocenters. The van der Waals surface area contributed by atoms with Gasteiger partial charge in [-0.05, 0) is 48.2 Å². The predicted molar refractivity (Wildman–Crippen MR) is 82.4 cm³/mol. The van der Waals surface area contributed by atoms with Gasteiger partial charge in [0.25, 0.3) is 0 Å². The van der Waals surface area contributed by atoms with Crippen LogP contribution in [0, 0.1) is 19.7 Å². The molecular formula is C18H19FO3. The molecule has 0 saturated heterocycles. The van der Waals surface area contributed by atoms with E-state index in [1.165, 1.54) is 13.2 Å². The first kappa shape index (κ1) is 16.0. The van der Waals surface area contributed by atoms with Gasteiger partial charge in [-0.15, -0.1) is 0 Å². The van der Waals surface area contributed by atoms with Gasteiger partial charge in [0.15, 0.2) is 11.6 Å². The summed E-state index contributed by atoms with van der Waals surface area (Å²) in [5, 5.41) is 0. The van der Waals surface area contributed by atoms with Gasteiger partial charge in [-0.3, -0.25) is 4.79 Å². The Morgan fingerprint density at radius 3 is 2.41 bits per heavy atom. The number of hydrogen-bond donors (Lipinski definition) is 0. The number of esters is 1. The number of halogens is 1. The van der Waals surface area contributed by atoms with Crippen LogP contribution in [0.15, 0.2) is 36.4 Å². The molecule has 0 bridgehead atoms. The van der Waals surface area contributed by atoms with Gasteiger partial charge in [0.2, 0.25) is 0 Å². The van der Waals surface area contributed by atoms with Crippen molar-refractivity contribution < 1.29 is 18.7 Å². The average molecular weight is 302 g/mol. The molecule has 3 nitrogen and oxygen atoms in total. The Bertz CT molecular complexity index is 680. The van der Waals surface area contributed by atoms with E-state index in [2.05, 4.69) is 4.74 Å². The van der Waals surface area contributed by atoms with Gasteiger partial charge in [-0.2, -0.15) is 0 Å². The SMILES string of the molecule is COC(=O)Cc1ccccc1COc1cc(C)c(C)cc1F. The van der Waals surface area contributed by atoms with Crippen LogP contribution in [0.3, 0.4) is 0 Å². The first-order chi connectivity index (χ1) is 10.5. The summed E-state index contributed by atoms with van der Waals surface area (Å²) >= 11 is 0. The quantitative estimate of drug-likeness (QED) is 0.789. The largest absolute Gasteiger partial charge is 0.486 e. The number of rotatable bonds is 5. The summed E-state index contributed by atoms with van der Waals surface area (Å²) in [6.07, 6.45) is 0.172. The van der Waals surface area contributed by atoms with E-state index in [1.807, 2.05) is 38.1 Å². The molecule has 0 saturated carbocycles. The zero-order chi connectivity index (χ0) is 16.1. The zero-order valence-electron chi connectivity index (χ0n) is 13.0. The number of hydrogen-bond acceptors (Lipinski definition) is 3. The van der Waals surface area contributed by atoms with Crippen molar-refractivity contribution in [3.63, 3.8) is 0 Å². The third kappa shape index (κ3) is 3.85. The third-order valence-electron chi connectivity index (χ3n) is 3.61. The van der Waals surface area contributed by atoms with E-state index < -0.39 is 0 Å². The van der Waals surface area contributed by atoms with Gasteiger partial charge >= 0.3 is 5.97 Å². The molecule has 0 radical (unpaired) electrons. The van der Waals surface area contributed by atoms with Crippen LogP contribution in [0.25, 0.3) is 0 Å². The molecule has 0 aliphatic rings. The smallest absolute Gasteiger partial charge is 0.309 e. The first-order valence-electron chi connectivity index (χ1n) is 7.04. The predicted octanol–water partition coefficient (Wildman–Crippen LogP) is 3.74. The molecule has 0 amide bonds. The van der Waals surface area contributed by atoms with Crippen molar-refractivity contribution in [2.75, 3.05) is 7.11 Å². The van der Waals surface area contributed by atoms with Gasteiger partial charge in [-0.1, -0.05) is 24.3 Å². The Kier molecular flexibility index (Phi) is 5.15. The van der Waals surface area contributed by atoms with Crippen LogP contribution in [-0.2, 0) is 22.6 Å². The molecule has 2 aromatic rings. The number of carbonyl (C=O) groups excluding carboxylic acids is 1. The number of benzene rings is 2. The highest BCUT2D eigenvalue weighted by atomic mass is 19.1. The van der Waals surface area contributed by atoms with E-state index in [9.17, 15) is 9.18 Å². The molecule has 2 rings (SSSR count). The fraction of sp³-hybridized carbons (Fsp3) is 0.278. The number of carbonyl (C=O) groups is 1. The van der Waals surface area contributed by atoms with Crippen molar-refractivity contribution in [2.45, 2.75) is 26.9 Å². The summed E-state index contributed by atoms with van der Waals surface area (Å²) in [5.41, 5.74) is 3.51. The maximum absolute atomic E-state index is 13.9. The standard InChI is InChI=1S/C18H19FO3/c1-12-8-16(19)17(9-13(12)2)22-11-15-7-5-4-6-14(15)10-18(20)21-3/h4-9H,10-11H2,1-3H3. The highest BCUT2D eigenvalue weighted by molar-refractivity contribution is 5.72. The summed E-state index contributed by atoms with van der Waals surface area (Å²) < 4.78 is 24.2. The molecule has 4 heteroatoms. The molecule has 0 N–H and O–H groups in total. The highest BCUT2D eigenvalue weighted by Gasteiger charge is 2.10. The van der Waals surface area contributed by atoms with Crippen LogP contribution in [0.1, 0.15) is 22.3 Å². The van der Waals surface area contributed by atoms with Crippen LogP contribution < -0.4 is 4.74 Å². The Balaban J connectivity index is 2.15. The van der Waals surface area contributed by atoms with E-state index in [4.69, 9.17) is 4.74 Å². The molecule has 116 valence electrons. The van der Waals surface area contributed by atoms with E-state index >= 15 is 0 Å². The van der Waals surface area contributed by atoms with Crippen molar-refractivity contribution >= 4 is 5.97 Å². The van der Waals surface area contributed by atoms with Crippen molar-refractivity contribution in [2.24, 2.45) is 0 Å². The lowest BCUT2D eigenvalue weighted by atomic mass is 10.1. The van der Waals surface area contributed by atoms with Crippen LogP contribution in [-0.4, -0.2) is 13.1 Å². The lowest BCUT2D eigenvalue weighted by molar-refractivity contribution is -0.139. The normalized spacial score (nSPS) is 10.4.